The first-order valence-electron chi connectivity index (χ1n) is 6.32. The zero-order valence-corrected chi connectivity index (χ0v) is 12.1. The van der Waals surface area contributed by atoms with Gasteiger partial charge in [0, 0.05) is 26.7 Å². The van der Waals surface area contributed by atoms with Crippen LogP contribution in [0.25, 0.3) is 0 Å². The highest BCUT2D eigenvalue weighted by Crippen LogP contribution is 2.31. The van der Waals surface area contributed by atoms with E-state index in [1.807, 2.05) is 0 Å². The number of hydrogen-bond acceptors (Lipinski definition) is 4. The lowest BCUT2D eigenvalue weighted by atomic mass is 10.2. The average molecular weight is 302 g/mol. The van der Waals surface area contributed by atoms with Gasteiger partial charge in [-0.15, -0.1) is 0 Å². The monoisotopic (exact) mass is 301 g/mol. The summed E-state index contributed by atoms with van der Waals surface area (Å²) in [6.07, 6.45) is 0.671. The molecule has 0 spiro atoms. The molecule has 0 radical (unpaired) electrons. The smallest absolute Gasteiger partial charge is 0.254 e. The van der Waals surface area contributed by atoms with Crippen LogP contribution < -0.4 is 4.90 Å². The van der Waals surface area contributed by atoms with E-state index in [4.69, 9.17) is 11.6 Å². The number of nitrogens with zero attached hydrogens (tertiary/aromatic N) is 3. The number of rotatable bonds is 3. The molecule has 2 atom stereocenters. The number of aliphatic hydroxyl groups excluding tert-OH is 1. The second-order valence-corrected chi connectivity index (χ2v) is 5.46. The summed E-state index contributed by atoms with van der Waals surface area (Å²) in [6.45, 7) is -0.00424. The van der Waals surface area contributed by atoms with E-state index in [1.54, 1.807) is 19.0 Å². The molecule has 1 N–H and O–H groups in total. The molecule has 1 aliphatic heterocycles. The molecule has 2 rings (SSSR count). The molecule has 20 heavy (non-hydrogen) atoms. The Balaban J connectivity index is 2.28. The first kappa shape index (κ1) is 15.0. The third kappa shape index (κ3) is 2.86. The van der Waals surface area contributed by atoms with Crippen LogP contribution in [-0.4, -0.2) is 60.4 Å². The van der Waals surface area contributed by atoms with E-state index in [-0.39, 0.29) is 36.5 Å². The van der Waals surface area contributed by atoms with Crippen LogP contribution in [0.3, 0.4) is 0 Å². The Labute approximate surface area is 122 Å². The lowest BCUT2D eigenvalue weighted by molar-refractivity contribution is 0.0827. The van der Waals surface area contributed by atoms with Crippen molar-refractivity contribution in [3.05, 3.63) is 22.8 Å². The second-order valence-electron chi connectivity index (χ2n) is 5.05. The van der Waals surface area contributed by atoms with Gasteiger partial charge in [-0.05, 0) is 6.07 Å². The van der Waals surface area contributed by atoms with Gasteiger partial charge in [0.2, 0.25) is 0 Å². The van der Waals surface area contributed by atoms with Crippen LogP contribution in [0.1, 0.15) is 16.8 Å². The molecule has 0 unspecified atom stereocenters. The Bertz CT molecular complexity index is 512. The van der Waals surface area contributed by atoms with Gasteiger partial charge in [-0.3, -0.25) is 4.79 Å². The molecule has 1 aromatic rings. The molecule has 0 bridgehead atoms. The van der Waals surface area contributed by atoms with Crippen molar-refractivity contribution in [1.29, 1.82) is 0 Å². The summed E-state index contributed by atoms with van der Waals surface area (Å²) in [5.41, 5.74) is 0.375. The predicted molar refractivity (Wildman–Crippen MR) is 75.0 cm³/mol. The zero-order chi connectivity index (χ0) is 14.9. The molecule has 110 valence electrons. The van der Waals surface area contributed by atoms with E-state index < -0.39 is 6.17 Å². The summed E-state index contributed by atoms with van der Waals surface area (Å²) in [4.78, 5) is 19.1. The number of halogens is 2. The minimum Gasteiger partial charge on any atom is -0.394 e. The highest BCUT2D eigenvalue weighted by atomic mass is 35.5. The van der Waals surface area contributed by atoms with E-state index >= 15 is 0 Å². The molecule has 5 nitrogen and oxygen atoms in total. The fraction of sp³-hybridized carbons (Fsp3) is 0.538. The molecular weight excluding hydrogens is 285 g/mol. The number of anilines is 1. The number of hydrogen-bond donors (Lipinski definition) is 1. The minimum atomic E-state index is -1.01. The summed E-state index contributed by atoms with van der Waals surface area (Å²) >= 11 is 6.15. The summed E-state index contributed by atoms with van der Waals surface area (Å²) in [5.74, 6) is 0.204. The van der Waals surface area contributed by atoms with Gasteiger partial charge >= 0.3 is 0 Å². The van der Waals surface area contributed by atoms with Gasteiger partial charge in [0.25, 0.3) is 5.91 Å². The number of alkyl halides is 1. The Morgan fingerprint density at radius 1 is 1.65 bits per heavy atom. The number of aliphatic hydroxyl groups is 1. The Hall–Kier alpha value is -1.40. The van der Waals surface area contributed by atoms with Crippen LogP contribution in [-0.2, 0) is 0 Å². The van der Waals surface area contributed by atoms with E-state index in [0.29, 0.717) is 11.4 Å². The molecule has 7 heteroatoms. The van der Waals surface area contributed by atoms with Crippen LogP contribution in [0.5, 0.6) is 0 Å². The minimum absolute atomic E-state index is 0.152. The van der Waals surface area contributed by atoms with Crippen molar-refractivity contribution in [2.45, 2.75) is 18.6 Å². The van der Waals surface area contributed by atoms with Crippen molar-refractivity contribution in [1.82, 2.24) is 9.88 Å². The summed E-state index contributed by atoms with van der Waals surface area (Å²) in [5, 5.41) is 9.56. The van der Waals surface area contributed by atoms with E-state index in [0.717, 1.165) is 0 Å². The third-order valence-corrected chi connectivity index (χ3v) is 3.60. The number of carbonyl (C=O) groups excluding carboxylic acids is 1. The summed E-state index contributed by atoms with van der Waals surface area (Å²) < 4.78 is 13.5. The fourth-order valence-electron chi connectivity index (χ4n) is 2.31. The van der Waals surface area contributed by atoms with Gasteiger partial charge in [-0.1, -0.05) is 11.6 Å². The molecule has 1 saturated heterocycles. The number of amides is 1. The van der Waals surface area contributed by atoms with E-state index in [1.165, 1.54) is 17.2 Å². The van der Waals surface area contributed by atoms with Crippen molar-refractivity contribution in [2.24, 2.45) is 0 Å². The molecule has 1 aliphatic rings. The van der Waals surface area contributed by atoms with Gasteiger partial charge in [0.1, 0.15) is 12.0 Å². The topological polar surface area (TPSA) is 56.7 Å². The van der Waals surface area contributed by atoms with Crippen molar-refractivity contribution in [3.8, 4) is 0 Å². The van der Waals surface area contributed by atoms with Gasteiger partial charge in [-0.25, -0.2) is 9.37 Å². The Morgan fingerprint density at radius 3 is 2.90 bits per heavy atom. The molecule has 0 saturated carbocycles. The van der Waals surface area contributed by atoms with E-state index in [2.05, 4.69) is 4.98 Å². The maximum Gasteiger partial charge on any atom is 0.254 e. The van der Waals surface area contributed by atoms with E-state index in [9.17, 15) is 14.3 Å². The first-order chi connectivity index (χ1) is 9.43. The quantitative estimate of drug-likeness (QED) is 0.915. The van der Waals surface area contributed by atoms with Crippen molar-refractivity contribution in [2.75, 3.05) is 32.1 Å². The largest absolute Gasteiger partial charge is 0.394 e. The SMILES string of the molecule is CN(C)C(=O)c1cnc(N2C[C@@H](F)C[C@H]2CO)c(Cl)c1. The van der Waals surface area contributed by atoms with Gasteiger partial charge in [0.05, 0.1) is 29.8 Å². The predicted octanol–water partition coefficient (Wildman–Crippen LogP) is 1.35. The summed E-state index contributed by atoms with van der Waals surface area (Å²) in [6, 6.07) is 1.19. The molecule has 2 heterocycles. The normalized spacial score (nSPS) is 22.1. The molecule has 1 fully saturated rings. The molecule has 1 aromatic heterocycles. The van der Waals surface area contributed by atoms with Crippen molar-refractivity contribution < 1.29 is 14.3 Å². The summed E-state index contributed by atoms with van der Waals surface area (Å²) in [7, 11) is 3.28. The molecule has 0 aliphatic carbocycles. The lowest BCUT2D eigenvalue weighted by Crippen LogP contribution is -2.33. The van der Waals surface area contributed by atoms with Crippen LogP contribution in [0, 0.1) is 0 Å². The van der Waals surface area contributed by atoms with Crippen LogP contribution in [0.4, 0.5) is 10.2 Å². The number of carbonyl (C=O) groups is 1. The third-order valence-electron chi connectivity index (χ3n) is 3.32. The zero-order valence-electron chi connectivity index (χ0n) is 11.4. The molecule has 0 aromatic carbocycles. The standard InChI is InChI=1S/C13H17ClFN3O2/c1-17(2)13(20)8-3-11(14)12(16-5-8)18-6-9(15)4-10(18)7-19/h3,5,9-10,19H,4,6-7H2,1-2H3/t9-,10-/m0/s1. The maximum absolute atomic E-state index is 13.5. The van der Waals surface area contributed by atoms with Crippen molar-refractivity contribution >= 4 is 23.3 Å². The van der Waals surface area contributed by atoms with Gasteiger partial charge in [-0.2, -0.15) is 0 Å². The Kier molecular flexibility index (Phi) is 4.45. The molecular formula is C13H17ClFN3O2. The highest BCUT2D eigenvalue weighted by Gasteiger charge is 2.33. The molecule has 1 amide bonds. The number of pyridine rings is 1. The Morgan fingerprint density at radius 2 is 2.35 bits per heavy atom. The second kappa shape index (κ2) is 5.93. The fourth-order valence-corrected chi connectivity index (χ4v) is 2.58. The highest BCUT2D eigenvalue weighted by molar-refractivity contribution is 6.33. The van der Waals surface area contributed by atoms with Crippen LogP contribution in [0.2, 0.25) is 5.02 Å². The van der Waals surface area contributed by atoms with Crippen LogP contribution >= 0.6 is 11.6 Å². The maximum atomic E-state index is 13.5. The van der Waals surface area contributed by atoms with Gasteiger partial charge in [0.15, 0.2) is 0 Å². The lowest BCUT2D eigenvalue weighted by Gasteiger charge is -2.24. The van der Waals surface area contributed by atoms with Crippen molar-refractivity contribution in [3.63, 3.8) is 0 Å². The first-order valence-corrected chi connectivity index (χ1v) is 6.70. The van der Waals surface area contributed by atoms with Crippen LogP contribution in [0.15, 0.2) is 12.3 Å². The average Bonchev–Trinajstić information content (AvgIpc) is 2.78. The van der Waals surface area contributed by atoms with Gasteiger partial charge < -0.3 is 14.9 Å². The number of aromatic nitrogens is 1.